The van der Waals surface area contributed by atoms with Crippen molar-refractivity contribution in [2.45, 2.75) is 25.3 Å². The third-order valence-electron chi connectivity index (χ3n) is 6.67. The summed E-state index contributed by atoms with van der Waals surface area (Å²) in [6, 6.07) is 14.3. The fourth-order valence-electron chi connectivity index (χ4n) is 5.11. The van der Waals surface area contributed by atoms with Gasteiger partial charge in [-0.1, -0.05) is 30.3 Å². The summed E-state index contributed by atoms with van der Waals surface area (Å²) in [5.41, 5.74) is 2.07. The van der Waals surface area contributed by atoms with Gasteiger partial charge in [0.15, 0.2) is 5.89 Å². The van der Waals surface area contributed by atoms with E-state index < -0.39 is 0 Å². The maximum atomic E-state index is 12.9. The number of piperidine rings is 1. The molecule has 2 aliphatic heterocycles. The lowest BCUT2D eigenvalue weighted by Gasteiger charge is -2.42. The summed E-state index contributed by atoms with van der Waals surface area (Å²) in [5.74, 6) is 1.16. The Hall–Kier alpha value is -2.99. The maximum absolute atomic E-state index is 12.9. The van der Waals surface area contributed by atoms with E-state index >= 15 is 0 Å². The van der Waals surface area contributed by atoms with Crippen molar-refractivity contribution in [3.8, 4) is 0 Å². The van der Waals surface area contributed by atoms with E-state index in [0.717, 1.165) is 51.5 Å². The molecule has 1 aromatic carbocycles. The normalized spacial score (nSPS) is 21.2. The number of oxazole rings is 1. The fourth-order valence-corrected chi connectivity index (χ4v) is 5.11. The first kappa shape index (κ1) is 19.0. The Bertz CT molecular complexity index is 967. The Labute approximate surface area is 176 Å². The van der Waals surface area contributed by atoms with E-state index in [1.54, 1.807) is 24.9 Å². The van der Waals surface area contributed by atoms with Gasteiger partial charge < -0.3 is 9.32 Å². The molecule has 2 aromatic heterocycles. The SMILES string of the molecule is O=C(c1cccnc1)N1CCC2(CC1)CN(Cc1ccccc1)CC2c1ncco1. The van der Waals surface area contributed by atoms with Gasteiger partial charge in [-0.15, -0.1) is 0 Å². The van der Waals surface area contributed by atoms with Crippen LogP contribution in [0.15, 0.2) is 71.7 Å². The number of nitrogens with zero attached hydrogens (tertiary/aromatic N) is 4. The standard InChI is InChI=1S/C24H26N4O2/c29-23(20-7-4-10-25-15-20)28-12-8-24(9-13-28)18-27(16-19-5-2-1-3-6-19)17-21(24)22-26-11-14-30-22/h1-7,10-11,14-15,21H,8-9,12-13,16-18H2. The minimum atomic E-state index is 0.0739. The van der Waals surface area contributed by atoms with Crippen LogP contribution in [0.4, 0.5) is 0 Å². The highest BCUT2D eigenvalue weighted by Gasteiger charge is 2.50. The van der Waals surface area contributed by atoms with Gasteiger partial charge in [0.1, 0.15) is 6.26 Å². The molecule has 6 nitrogen and oxygen atoms in total. The first-order valence-corrected chi connectivity index (χ1v) is 10.6. The zero-order valence-electron chi connectivity index (χ0n) is 17.0. The number of hydrogen-bond acceptors (Lipinski definition) is 5. The van der Waals surface area contributed by atoms with Gasteiger partial charge in [-0.2, -0.15) is 0 Å². The molecule has 1 unspecified atom stereocenters. The topological polar surface area (TPSA) is 62.5 Å². The summed E-state index contributed by atoms with van der Waals surface area (Å²) in [6.45, 7) is 4.38. The summed E-state index contributed by atoms with van der Waals surface area (Å²) in [4.78, 5) is 25.9. The second-order valence-corrected chi connectivity index (χ2v) is 8.47. The Kier molecular flexibility index (Phi) is 5.09. The van der Waals surface area contributed by atoms with Crippen LogP contribution in [0.25, 0.3) is 0 Å². The van der Waals surface area contributed by atoms with Crippen molar-refractivity contribution in [3.63, 3.8) is 0 Å². The molecule has 2 fully saturated rings. The number of hydrogen-bond donors (Lipinski definition) is 0. The fraction of sp³-hybridized carbons (Fsp3) is 0.375. The molecule has 6 heteroatoms. The van der Waals surface area contributed by atoms with Crippen LogP contribution in [-0.4, -0.2) is 51.9 Å². The average molecular weight is 402 g/mol. The summed E-state index contributed by atoms with van der Waals surface area (Å²) in [7, 11) is 0. The van der Waals surface area contributed by atoms with Crippen molar-refractivity contribution in [2.24, 2.45) is 5.41 Å². The molecule has 3 aromatic rings. The highest BCUT2D eigenvalue weighted by atomic mass is 16.3. The van der Waals surface area contributed by atoms with Crippen LogP contribution in [0.5, 0.6) is 0 Å². The van der Waals surface area contributed by atoms with E-state index in [9.17, 15) is 4.79 Å². The average Bonchev–Trinajstić information content (AvgIpc) is 3.44. The van der Waals surface area contributed by atoms with Crippen molar-refractivity contribution < 1.29 is 9.21 Å². The summed E-state index contributed by atoms with van der Waals surface area (Å²) < 4.78 is 5.76. The Morgan fingerprint density at radius 1 is 1.10 bits per heavy atom. The van der Waals surface area contributed by atoms with Gasteiger partial charge in [0.05, 0.1) is 17.7 Å². The minimum Gasteiger partial charge on any atom is -0.449 e. The number of pyridine rings is 1. The summed E-state index contributed by atoms with van der Waals surface area (Å²) in [6.07, 6.45) is 8.67. The lowest BCUT2D eigenvalue weighted by atomic mass is 9.70. The van der Waals surface area contributed by atoms with Crippen LogP contribution in [-0.2, 0) is 6.54 Å². The molecule has 2 saturated heterocycles. The van der Waals surface area contributed by atoms with Crippen LogP contribution in [0, 0.1) is 5.41 Å². The molecule has 2 aliphatic rings. The quantitative estimate of drug-likeness (QED) is 0.667. The minimum absolute atomic E-state index is 0.0739. The van der Waals surface area contributed by atoms with Crippen LogP contribution >= 0.6 is 0 Å². The number of amides is 1. The zero-order chi connectivity index (χ0) is 20.4. The number of aromatic nitrogens is 2. The van der Waals surface area contributed by atoms with Gasteiger partial charge in [-0.05, 0) is 36.0 Å². The van der Waals surface area contributed by atoms with Crippen LogP contribution in [0.2, 0.25) is 0 Å². The monoisotopic (exact) mass is 402 g/mol. The van der Waals surface area contributed by atoms with Gasteiger partial charge in [-0.25, -0.2) is 4.98 Å². The molecule has 1 atom stereocenters. The van der Waals surface area contributed by atoms with E-state index in [1.807, 2.05) is 17.0 Å². The molecule has 5 rings (SSSR count). The second-order valence-electron chi connectivity index (χ2n) is 8.47. The molecule has 0 aliphatic carbocycles. The van der Waals surface area contributed by atoms with E-state index in [-0.39, 0.29) is 17.2 Å². The first-order chi connectivity index (χ1) is 14.7. The summed E-state index contributed by atoms with van der Waals surface area (Å²) >= 11 is 0. The van der Waals surface area contributed by atoms with Gasteiger partial charge in [0.2, 0.25) is 0 Å². The molecule has 0 radical (unpaired) electrons. The zero-order valence-corrected chi connectivity index (χ0v) is 17.0. The van der Waals surface area contributed by atoms with Gasteiger partial charge in [0.25, 0.3) is 5.91 Å². The van der Waals surface area contributed by atoms with E-state index in [0.29, 0.717) is 5.56 Å². The predicted molar refractivity (Wildman–Crippen MR) is 113 cm³/mol. The molecular weight excluding hydrogens is 376 g/mol. The van der Waals surface area contributed by atoms with Crippen molar-refractivity contribution in [1.82, 2.24) is 19.8 Å². The maximum Gasteiger partial charge on any atom is 0.255 e. The van der Waals surface area contributed by atoms with E-state index in [4.69, 9.17) is 4.42 Å². The molecular formula is C24H26N4O2. The van der Waals surface area contributed by atoms with Gasteiger partial charge >= 0.3 is 0 Å². The highest BCUT2D eigenvalue weighted by Crippen LogP contribution is 2.49. The van der Waals surface area contributed by atoms with Crippen LogP contribution in [0.3, 0.4) is 0 Å². The molecule has 1 amide bonds. The lowest BCUT2D eigenvalue weighted by Crippen LogP contribution is -2.46. The smallest absolute Gasteiger partial charge is 0.255 e. The third-order valence-corrected chi connectivity index (χ3v) is 6.67. The number of carbonyl (C=O) groups is 1. The number of likely N-dealkylation sites (tertiary alicyclic amines) is 2. The molecule has 0 saturated carbocycles. The van der Waals surface area contributed by atoms with E-state index in [1.165, 1.54) is 5.56 Å². The van der Waals surface area contributed by atoms with Crippen molar-refractivity contribution >= 4 is 5.91 Å². The van der Waals surface area contributed by atoms with Gasteiger partial charge in [0, 0.05) is 45.1 Å². The highest BCUT2D eigenvalue weighted by molar-refractivity contribution is 5.93. The molecule has 30 heavy (non-hydrogen) atoms. The lowest BCUT2D eigenvalue weighted by molar-refractivity contribution is 0.0546. The number of carbonyl (C=O) groups excluding carboxylic acids is 1. The molecule has 0 bridgehead atoms. The number of benzene rings is 1. The largest absolute Gasteiger partial charge is 0.449 e. The molecule has 1 spiro atoms. The number of rotatable bonds is 4. The van der Waals surface area contributed by atoms with Gasteiger partial charge in [-0.3, -0.25) is 14.7 Å². The molecule has 154 valence electrons. The third kappa shape index (κ3) is 3.63. The molecule has 4 heterocycles. The molecule has 0 N–H and O–H groups in total. The summed E-state index contributed by atoms with van der Waals surface area (Å²) in [5, 5.41) is 0. The first-order valence-electron chi connectivity index (χ1n) is 10.6. The van der Waals surface area contributed by atoms with Crippen molar-refractivity contribution in [1.29, 1.82) is 0 Å². The van der Waals surface area contributed by atoms with Crippen molar-refractivity contribution in [3.05, 3.63) is 84.3 Å². The predicted octanol–water partition coefficient (Wildman–Crippen LogP) is 3.59. The second kappa shape index (κ2) is 8.03. The van der Waals surface area contributed by atoms with Crippen molar-refractivity contribution in [2.75, 3.05) is 26.2 Å². The van der Waals surface area contributed by atoms with E-state index in [2.05, 4.69) is 45.2 Å². The Balaban J connectivity index is 1.33. The van der Waals surface area contributed by atoms with Crippen LogP contribution < -0.4 is 0 Å². The Morgan fingerprint density at radius 2 is 1.93 bits per heavy atom. The Morgan fingerprint density at radius 3 is 2.63 bits per heavy atom. The van der Waals surface area contributed by atoms with Crippen LogP contribution in [0.1, 0.15) is 40.6 Å².